The van der Waals surface area contributed by atoms with Gasteiger partial charge in [0.1, 0.15) is 5.82 Å². The van der Waals surface area contributed by atoms with Crippen LogP contribution in [0.2, 0.25) is 5.02 Å². The highest BCUT2D eigenvalue weighted by molar-refractivity contribution is 6.33. The van der Waals surface area contributed by atoms with Crippen LogP contribution < -0.4 is 0 Å². The van der Waals surface area contributed by atoms with Crippen molar-refractivity contribution in [2.24, 2.45) is 0 Å². The van der Waals surface area contributed by atoms with Crippen molar-refractivity contribution < 1.29 is 4.39 Å². The first-order valence-corrected chi connectivity index (χ1v) is 5.36. The predicted molar refractivity (Wildman–Crippen MR) is 63.4 cm³/mol. The molecule has 0 aliphatic rings. The Kier molecular flexibility index (Phi) is 2.30. The molecule has 0 aliphatic carbocycles. The monoisotopic (exact) mass is 247 g/mol. The molecule has 1 aromatic carbocycles. The summed E-state index contributed by atoms with van der Waals surface area (Å²) in [4.78, 5) is 8.19. The van der Waals surface area contributed by atoms with E-state index in [1.54, 1.807) is 30.9 Å². The van der Waals surface area contributed by atoms with Gasteiger partial charge in [-0.3, -0.25) is 9.38 Å². The van der Waals surface area contributed by atoms with Crippen LogP contribution in [0.25, 0.3) is 16.9 Å². The van der Waals surface area contributed by atoms with Crippen LogP contribution in [0.5, 0.6) is 0 Å². The molecule has 0 atom stereocenters. The molecular weight excluding hydrogens is 241 g/mol. The number of hydrogen-bond donors (Lipinski definition) is 0. The molecule has 5 heteroatoms. The van der Waals surface area contributed by atoms with Gasteiger partial charge in [0.05, 0.1) is 23.1 Å². The number of halogens is 2. The lowest BCUT2D eigenvalue weighted by molar-refractivity contribution is 0.628. The van der Waals surface area contributed by atoms with E-state index < -0.39 is 0 Å². The first kappa shape index (κ1) is 10.2. The molecule has 0 aliphatic heterocycles. The molecule has 0 radical (unpaired) electrons. The Bertz CT molecular complexity index is 693. The van der Waals surface area contributed by atoms with E-state index in [4.69, 9.17) is 11.6 Å². The second-order valence-electron chi connectivity index (χ2n) is 3.57. The Balaban J connectivity index is 2.27. The lowest BCUT2D eigenvalue weighted by atomic mass is 10.1. The summed E-state index contributed by atoms with van der Waals surface area (Å²) in [5, 5.41) is 0.364. The van der Waals surface area contributed by atoms with Gasteiger partial charge in [0.2, 0.25) is 0 Å². The molecule has 2 aromatic heterocycles. The third-order valence-corrected chi connectivity index (χ3v) is 2.84. The molecule has 0 saturated carbocycles. The molecule has 2 heterocycles. The van der Waals surface area contributed by atoms with Gasteiger partial charge in [0, 0.05) is 18.0 Å². The van der Waals surface area contributed by atoms with Gasteiger partial charge < -0.3 is 0 Å². The van der Waals surface area contributed by atoms with Crippen molar-refractivity contribution in [3.05, 3.63) is 53.8 Å². The summed E-state index contributed by atoms with van der Waals surface area (Å²) in [6, 6.07) is 4.31. The second kappa shape index (κ2) is 3.82. The van der Waals surface area contributed by atoms with Gasteiger partial charge in [-0.2, -0.15) is 0 Å². The largest absolute Gasteiger partial charge is 0.297 e. The Hall–Kier alpha value is -1.94. The first-order valence-electron chi connectivity index (χ1n) is 4.98. The highest BCUT2D eigenvalue weighted by atomic mass is 35.5. The summed E-state index contributed by atoms with van der Waals surface area (Å²) < 4.78 is 14.8. The van der Waals surface area contributed by atoms with E-state index in [9.17, 15) is 4.39 Å². The van der Waals surface area contributed by atoms with Crippen molar-refractivity contribution in [3.8, 4) is 11.3 Å². The normalized spacial score (nSPS) is 10.9. The fourth-order valence-corrected chi connectivity index (χ4v) is 2.00. The average molecular weight is 248 g/mol. The molecule has 0 N–H and O–H groups in total. The highest BCUT2D eigenvalue weighted by Gasteiger charge is 2.09. The number of imidazole rings is 1. The molecule has 0 amide bonds. The van der Waals surface area contributed by atoms with Crippen molar-refractivity contribution in [1.82, 2.24) is 14.4 Å². The van der Waals surface area contributed by atoms with Crippen LogP contribution in [0.1, 0.15) is 0 Å². The van der Waals surface area contributed by atoms with E-state index in [1.165, 1.54) is 12.1 Å². The maximum absolute atomic E-state index is 13.0. The summed E-state index contributed by atoms with van der Waals surface area (Å²) in [5.74, 6) is -0.353. The molecule has 3 rings (SSSR count). The van der Waals surface area contributed by atoms with E-state index >= 15 is 0 Å². The predicted octanol–water partition coefficient (Wildman–Crippen LogP) is 3.19. The molecule has 17 heavy (non-hydrogen) atoms. The standard InChI is InChI=1S/C12H7ClFN3/c13-10-5-8(14)1-2-9(10)11-6-16-12-7-15-3-4-17(11)12/h1-7H. The Morgan fingerprint density at radius 1 is 1.24 bits per heavy atom. The molecule has 3 aromatic rings. The highest BCUT2D eigenvalue weighted by Crippen LogP contribution is 2.28. The molecule has 0 bridgehead atoms. The zero-order chi connectivity index (χ0) is 11.8. The van der Waals surface area contributed by atoms with Crippen molar-refractivity contribution in [1.29, 1.82) is 0 Å². The van der Waals surface area contributed by atoms with Crippen molar-refractivity contribution in [2.45, 2.75) is 0 Å². The summed E-state index contributed by atoms with van der Waals surface area (Å²) in [6.07, 6.45) is 6.80. The van der Waals surface area contributed by atoms with Crippen LogP contribution in [0.4, 0.5) is 4.39 Å². The second-order valence-corrected chi connectivity index (χ2v) is 3.98. The topological polar surface area (TPSA) is 30.2 Å². The zero-order valence-electron chi connectivity index (χ0n) is 8.64. The van der Waals surface area contributed by atoms with Crippen LogP contribution >= 0.6 is 11.6 Å². The van der Waals surface area contributed by atoms with Crippen molar-refractivity contribution in [2.75, 3.05) is 0 Å². The summed E-state index contributed by atoms with van der Waals surface area (Å²) in [6.45, 7) is 0. The first-order chi connectivity index (χ1) is 8.25. The third-order valence-electron chi connectivity index (χ3n) is 2.52. The van der Waals surface area contributed by atoms with Gasteiger partial charge in [-0.15, -0.1) is 0 Å². The fraction of sp³-hybridized carbons (Fsp3) is 0. The van der Waals surface area contributed by atoms with Crippen LogP contribution in [0, 0.1) is 5.82 Å². The van der Waals surface area contributed by atoms with Gasteiger partial charge in [-0.25, -0.2) is 9.37 Å². The quantitative estimate of drug-likeness (QED) is 0.661. The van der Waals surface area contributed by atoms with Crippen LogP contribution in [-0.4, -0.2) is 14.4 Å². The minimum absolute atomic E-state index is 0.353. The number of fused-ring (bicyclic) bond motifs is 1. The zero-order valence-corrected chi connectivity index (χ0v) is 9.39. The minimum atomic E-state index is -0.353. The number of rotatable bonds is 1. The van der Waals surface area contributed by atoms with E-state index in [-0.39, 0.29) is 5.82 Å². The maximum Gasteiger partial charge on any atom is 0.155 e. The van der Waals surface area contributed by atoms with Gasteiger partial charge in [-0.05, 0) is 18.2 Å². The number of nitrogens with zero attached hydrogens (tertiary/aromatic N) is 3. The van der Waals surface area contributed by atoms with Crippen LogP contribution in [0.3, 0.4) is 0 Å². The smallest absolute Gasteiger partial charge is 0.155 e. The third kappa shape index (κ3) is 1.66. The number of aromatic nitrogens is 3. The summed E-state index contributed by atoms with van der Waals surface area (Å²) in [5.41, 5.74) is 2.28. The lowest BCUT2D eigenvalue weighted by Gasteiger charge is -2.03. The molecule has 0 fully saturated rings. The van der Waals surface area contributed by atoms with Gasteiger partial charge >= 0.3 is 0 Å². The van der Waals surface area contributed by atoms with Crippen molar-refractivity contribution in [3.63, 3.8) is 0 Å². The Morgan fingerprint density at radius 3 is 2.94 bits per heavy atom. The van der Waals surface area contributed by atoms with E-state index in [0.717, 1.165) is 16.9 Å². The van der Waals surface area contributed by atoms with E-state index in [1.807, 2.05) is 4.40 Å². The van der Waals surface area contributed by atoms with Gasteiger partial charge in [0.25, 0.3) is 0 Å². The van der Waals surface area contributed by atoms with E-state index in [2.05, 4.69) is 9.97 Å². The summed E-state index contributed by atoms with van der Waals surface area (Å²) >= 11 is 6.02. The van der Waals surface area contributed by atoms with Crippen LogP contribution in [-0.2, 0) is 0 Å². The van der Waals surface area contributed by atoms with Crippen LogP contribution in [0.15, 0.2) is 43.0 Å². The van der Waals surface area contributed by atoms with E-state index in [0.29, 0.717) is 5.02 Å². The lowest BCUT2D eigenvalue weighted by Crippen LogP contribution is -1.89. The number of benzene rings is 1. The number of hydrogen-bond acceptors (Lipinski definition) is 2. The minimum Gasteiger partial charge on any atom is -0.297 e. The molecule has 0 spiro atoms. The molecule has 0 saturated heterocycles. The maximum atomic E-state index is 13.0. The summed E-state index contributed by atoms with van der Waals surface area (Å²) in [7, 11) is 0. The van der Waals surface area contributed by atoms with Gasteiger partial charge in [0.15, 0.2) is 5.65 Å². The average Bonchev–Trinajstić information content (AvgIpc) is 2.73. The Morgan fingerprint density at radius 2 is 2.12 bits per heavy atom. The van der Waals surface area contributed by atoms with Gasteiger partial charge in [-0.1, -0.05) is 11.6 Å². The molecule has 84 valence electrons. The van der Waals surface area contributed by atoms with Crippen molar-refractivity contribution >= 4 is 17.2 Å². The Labute approximate surface area is 102 Å². The molecule has 0 unspecified atom stereocenters. The molecule has 3 nitrogen and oxygen atoms in total. The molecular formula is C12H7ClFN3. The SMILES string of the molecule is Fc1ccc(-c2cnc3cnccn23)c(Cl)c1. The fourth-order valence-electron chi connectivity index (χ4n) is 1.74.